The number of carboxylic acid groups (broad SMARTS) is 2. The molecule has 1 radical (unpaired) electrons. The van der Waals surface area contributed by atoms with Gasteiger partial charge in [0.15, 0.2) is 0 Å². The van der Waals surface area contributed by atoms with Gasteiger partial charge in [0.05, 0.1) is 11.9 Å². The number of hydrogen-bond acceptors (Lipinski definition) is 4. The molecule has 0 spiro atoms. The van der Waals surface area contributed by atoms with Crippen molar-refractivity contribution in [1.29, 1.82) is 0 Å². The molecule has 0 bridgehead atoms. The maximum atomic E-state index is 10.2. The second-order valence-corrected chi connectivity index (χ2v) is 2.15. The Kier molecular flexibility index (Phi) is 7.23. The summed E-state index contributed by atoms with van der Waals surface area (Å²) in [5, 5.41) is 20.4. The summed E-state index contributed by atoms with van der Waals surface area (Å²) in [6.45, 7) is 0. The van der Waals surface area contributed by atoms with Crippen molar-refractivity contribution in [2.75, 3.05) is 0 Å². The van der Waals surface area contributed by atoms with Crippen LogP contribution >= 0.6 is 0 Å². The van der Waals surface area contributed by atoms with Gasteiger partial charge in [0.1, 0.15) is 0 Å². The number of carbonyl (C=O) groups is 2. The first-order chi connectivity index (χ1) is 5.61. The van der Waals surface area contributed by atoms with Gasteiger partial charge < -0.3 is 32.2 Å². The fraction of sp³-hybridized carbons (Fsp3) is 0. The van der Waals surface area contributed by atoms with Crippen LogP contribution in [0.25, 0.3) is 0 Å². The summed E-state index contributed by atoms with van der Waals surface area (Å²) in [5.41, 5.74) is -0.111. The molecule has 4 nitrogen and oxygen atoms in total. The molecular weight excluding hydrogens is 297 g/mol. The fourth-order valence-corrected chi connectivity index (χ4v) is 0.742. The van der Waals surface area contributed by atoms with Gasteiger partial charge in [-0.25, -0.2) is 0 Å². The number of hydrogen-bond donors (Lipinski definition) is 0. The van der Waals surface area contributed by atoms with Crippen LogP contribution in [0, 0.1) is 0 Å². The van der Waals surface area contributed by atoms with Crippen molar-refractivity contribution in [3.8, 4) is 0 Å². The van der Waals surface area contributed by atoms with Crippen LogP contribution in [-0.4, -0.2) is 11.9 Å². The Labute approximate surface area is 99.1 Å². The molecule has 0 aromatic heterocycles. The zero-order valence-electron chi connectivity index (χ0n) is 6.67. The summed E-state index contributed by atoms with van der Waals surface area (Å²) < 4.78 is 0. The Morgan fingerprint density at radius 3 is 1.21 bits per heavy atom. The minimum atomic E-state index is -1.33. The zero-order chi connectivity index (χ0) is 9.14. The summed E-state index contributed by atoms with van der Waals surface area (Å²) in [5.74, 6) is -2.67. The van der Waals surface area contributed by atoms with Gasteiger partial charge in [-0.15, -0.1) is 0 Å². The SMILES string of the molecule is O=C([O-])c1ccc(C(=O)[O-])cc1.[Cl-].[Ru+3]. The van der Waals surface area contributed by atoms with Crippen LogP contribution in [-0.2, 0) is 19.5 Å². The Morgan fingerprint density at radius 1 is 0.857 bits per heavy atom. The molecule has 1 aromatic rings. The smallest absolute Gasteiger partial charge is 1.00 e. The Hall–Kier alpha value is -0.927. The van der Waals surface area contributed by atoms with Gasteiger partial charge in [0, 0.05) is 0 Å². The van der Waals surface area contributed by atoms with Crippen molar-refractivity contribution in [2.24, 2.45) is 0 Å². The largest absolute Gasteiger partial charge is 3.00 e. The monoisotopic (exact) mass is 301 g/mol. The van der Waals surface area contributed by atoms with E-state index in [0.29, 0.717) is 0 Å². The number of halogens is 1. The van der Waals surface area contributed by atoms with Gasteiger partial charge in [-0.05, 0) is 11.1 Å². The van der Waals surface area contributed by atoms with Crippen molar-refractivity contribution in [3.63, 3.8) is 0 Å². The number of aromatic carboxylic acids is 2. The molecular formula is C8H4ClO4Ru. The third kappa shape index (κ3) is 3.85. The first kappa shape index (κ1) is 15.5. The van der Waals surface area contributed by atoms with Crippen LogP contribution < -0.4 is 22.6 Å². The van der Waals surface area contributed by atoms with Crippen LogP contribution in [0.1, 0.15) is 20.7 Å². The Balaban J connectivity index is 0. The van der Waals surface area contributed by atoms with Gasteiger partial charge in [-0.1, -0.05) is 24.3 Å². The van der Waals surface area contributed by atoms with Crippen molar-refractivity contribution >= 4 is 11.9 Å². The molecule has 0 aliphatic heterocycles. The van der Waals surface area contributed by atoms with Crippen molar-refractivity contribution < 1.29 is 51.7 Å². The molecule has 0 heterocycles. The van der Waals surface area contributed by atoms with Crippen molar-refractivity contribution in [1.82, 2.24) is 0 Å². The fourth-order valence-electron chi connectivity index (χ4n) is 0.742. The molecule has 1 rings (SSSR count). The summed E-state index contributed by atoms with van der Waals surface area (Å²) in [6, 6.07) is 4.61. The predicted octanol–water partition coefficient (Wildman–Crippen LogP) is -4.58. The van der Waals surface area contributed by atoms with E-state index in [4.69, 9.17) is 0 Å². The second-order valence-electron chi connectivity index (χ2n) is 2.15. The minimum absolute atomic E-state index is 0. The van der Waals surface area contributed by atoms with Crippen LogP contribution in [0.3, 0.4) is 0 Å². The van der Waals surface area contributed by atoms with E-state index in [1.165, 1.54) is 0 Å². The molecule has 6 heteroatoms. The first-order valence-corrected chi connectivity index (χ1v) is 3.14. The van der Waals surface area contributed by atoms with E-state index in [9.17, 15) is 19.8 Å². The number of carbonyl (C=O) groups excluding carboxylic acids is 2. The van der Waals surface area contributed by atoms with Crippen LogP contribution in [0.4, 0.5) is 0 Å². The van der Waals surface area contributed by atoms with E-state index in [2.05, 4.69) is 0 Å². The van der Waals surface area contributed by atoms with Crippen molar-refractivity contribution in [2.45, 2.75) is 0 Å². The average Bonchev–Trinajstić information content (AvgIpc) is 2.04. The van der Waals surface area contributed by atoms with E-state index in [0.717, 1.165) is 24.3 Å². The molecule has 1 aromatic carbocycles. The number of rotatable bonds is 2. The molecule has 0 aliphatic carbocycles. The predicted molar refractivity (Wildman–Crippen MR) is 35.1 cm³/mol. The Bertz CT molecular complexity index is 290. The van der Waals surface area contributed by atoms with Gasteiger partial charge in [0.25, 0.3) is 0 Å². The Morgan fingerprint density at radius 2 is 1.07 bits per heavy atom. The van der Waals surface area contributed by atoms with Gasteiger partial charge in [-0.2, -0.15) is 0 Å². The zero-order valence-corrected chi connectivity index (χ0v) is 9.17. The summed E-state index contributed by atoms with van der Waals surface area (Å²) in [6.07, 6.45) is 0. The van der Waals surface area contributed by atoms with Gasteiger partial charge in [-0.3, -0.25) is 0 Å². The third-order valence-electron chi connectivity index (χ3n) is 1.36. The molecule has 0 saturated carbocycles. The molecule has 0 atom stereocenters. The van der Waals surface area contributed by atoms with E-state index >= 15 is 0 Å². The average molecular weight is 301 g/mol. The van der Waals surface area contributed by atoms with Crippen molar-refractivity contribution in [3.05, 3.63) is 35.4 Å². The molecule has 0 amide bonds. The van der Waals surface area contributed by atoms with E-state index < -0.39 is 11.9 Å². The normalized spacial score (nSPS) is 8.00. The summed E-state index contributed by atoms with van der Waals surface area (Å²) >= 11 is 0. The summed E-state index contributed by atoms with van der Waals surface area (Å²) in [7, 11) is 0. The molecule has 0 saturated heterocycles. The molecule has 0 aliphatic rings. The maximum absolute atomic E-state index is 10.2. The van der Waals surface area contributed by atoms with Gasteiger partial charge >= 0.3 is 19.5 Å². The quantitative estimate of drug-likeness (QED) is 0.515. The van der Waals surface area contributed by atoms with Crippen LogP contribution in [0.5, 0.6) is 0 Å². The third-order valence-corrected chi connectivity index (χ3v) is 1.36. The van der Waals surface area contributed by atoms with E-state index in [-0.39, 0.29) is 43.0 Å². The number of benzene rings is 1. The number of carboxylic acids is 2. The molecule has 0 N–H and O–H groups in total. The standard InChI is InChI=1S/C8H6O4.ClH.Ru/c9-7(10)5-1-2-6(4-3-5)8(11)12;;/h1-4H,(H,9,10)(H,11,12);1H;/q;;+3/p-3. The molecule has 14 heavy (non-hydrogen) atoms. The van der Waals surface area contributed by atoms with E-state index in [1.807, 2.05) is 0 Å². The summed E-state index contributed by atoms with van der Waals surface area (Å²) in [4.78, 5) is 20.4. The maximum Gasteiger partial charge on any atom is 3.00 e. The van der Waals surface area contributed by atoms with Crippen LogP contribution in [0.2, 0.25) is 0 Å². The van der Waals surface area contributed by atoms with Gasteiger partial charge in [0.2, 0.25) is 0 Å². The molecule has 0 unspecified atom stereocenters. The second kappa shape index (κ2) is 6.52. The topological polar surface area (TPSA) is 80.3 Å². The minimum Gasteiger partial charge on any atom is -1.00 e. The molecule has 0 fully saturated rings. The first-order valence-electron chi connectivity index (χ1n) is 3.14. The van der Waals surface area contributed by atoms with E-state index in [1.54, 1.807) is 0 Å². The van der Waals surface area contributed by atoms with Crippen LogP contribution in [0.15, 0.2) is 24.3 Å². The molecule has 75 valence electrons.